The van der Waals surface area contributed by atoms with Gasteiger partial charge in [0.15, 0.2) is 0 Å². The standard InChI is InChI=1S/C15H17ClN2O3S2/c1-3-8(2)13(15(20)21)18-12(19)6-9-7-22-14(17-9)10-4-5-11(16)23-10/h4-5,7-8,13H,3,6H2,1-2H3,(H,18,19)(H,20,21). The summed E-state index contributed by atoms with van der Waals surface area (Å²) in [6.45, 7) is 3.70. The Kier molecular flexibility index (Phi) is 6.15. The molecule has 8 heteroatoms. The van der Waals surface area contributed by atoms with Crippen LogP contribution < -0.4 is 5.32 Å². The molecule has 23 heavy (non-hydrogen) atoms. The first kappa shape index (κ1) is 17.9. The van der Waals surface area contributed by atoms with Gasteiger partial charge in [-0.3, -0.25) is 4.79 Å². The molecule has 0 aliphatic carbocycles. The normalized spacial score (nSPS) is 13.5. The number of carbonyl (C=O) groups excluding carboxylic acids is 1. The number of aliphatic carboxylic acids is 1. The number of thiophene rings is 1. The van der Waals surface area contributed by atoms with Crippen molar-refractivity contribution >= 4 is 46.2 Å². The van der Waals surface area contributed by atoms with Gasteiger partial charge in [-0.2, -0.15) is 0 Å². The number of thiazole rings is 1. The Labute approximate surface area is 147 Å². The summed E-state index contributed by atoms with van der Waals surface area (Å²) in [5.41, 5.74) is 0.625. The predicted molar refractivity (Wildman–Crippen MR) is 93.2 cm³/mol. The third kappa shape index (κ3) is 4.76. The summed E-state index contributed by atoms with van der Waals surface area (Å²) in [5.74, 6) is -1.48. The fraction of sp³-hybridized carbons (Fsp3) is 0.400. The SMILES string of the molecule is CCC(C)C(NC(=O)Cc1csc(-c2ccc(Cl)s2)n1)C(=O)O. The lowest BCUT2D eigenvalue weighted by Gasteiger charge is -2.19. The van der Waals surface area contributed by atoms with Crippen LogP contribution in [0.15, 0.2) is 17.5 Å². The second-order valence-corrected chi connectivity index (χ2v) is 7.77. The molecule has 0 spiro atoms. The Balaban J connectivity index is 2.00. The lowest BCUT2D eigenvalue weighted by Crippen LogP contribution is -2.45. The Morgan fingerprint density at radius 1 is 1.43 bits per heavy atom. The number of nitrogens with zero attached hydrogens (tertiary/aromatic N) is 1. The number of aromatic nitrogens is 1. The molecule has 124 valence electrons. The monoisotopic (exact) mass is 372 g/mol. The van der Waals surface area contributed by atoms with Crippen LogP contribution in [0.25, 0.3) is 9.88 Å². The van der Waals surface area contributed by atoms with Crippen molar-refractivity contribution in [3.8, 4) is 9.88 Å². The van der Waals surface area contributed by atoms with Crippen molar-refractivity contribution in [1.82, 2.24) is 10.3 Å². The Hall–Kier alpha value is -1.44. The summed E-state index contributed by atoms with van der Waals surface area (Å²) < 4.78 is 0.687. The van der Waals surface area contributed by atoms with E-state index in [1.807, 2.05) is 18.4 Å². The highest BCUT2D eigenvalue weighted by molar-refractivity contribution is 7.23. The van der Waals surface area contributed by atoms with Crippen LogP contribution in [0.1, 0.15) is 26.0 Å². The predicted octanol–water partition coefficient (Wildman–Crippen LogP) is 3.68. The average molecular weight is 373 g/mol. The van der Waals surface area contributed by atoms with Crippen LogP contribution in [-0.4, -0.2) is 28.0 Å². The number of carbonyl (C=O) groups is 2. The topological polar surface area (TPSA) is 79.3 Å². The molecule has 0 aliphatic rings. The van der Waals surface area contributed by atoms with Crippen LogP contribution in [0, 0.1) is 5.92 Å². The lowest BCUT2D eigenvalue weighted by atomic mass is 9.99. The molecule has 2 N–H and O–H groups in total. The number of hydrogen-bond donors (Lipinski definition) is 2. The van der Waals surface area contributed by atoms with Gasteiger partial charge in [-0.25, -0.2) is 9.78 Å². The van der Waals surface area contributed by atoms with Gasteiger partial charge in [-0.1, -0.05) is 31.9 Å². The molecule has 2 unspecified atom stereocenters. The van der Waals surface area contributed by atoms with Gasteiger partial charge in [-0.15, -0.1) is 22.7 Å². The smallest absolute Gasteiger partial charge is 0.326 e. The zero-order valence-corrected chi connectivity index (χ0v) is 15.1. The molecule has 0 aliphatic heterocycles. The Bertz CT molecular complexity index is 698. The molecule has 2 aromatic rings. The van der Waals surface area contributed by atoms with Crippen LogP contribution >= 0.6 is 34.3 Å². The molecule has 1 amide bonds. The molecule has 0 saturated heterocycles. The average Bonchev–Trinajstić information content (AvgIpc) is 3.12. The van der Waals surface area contributed by atoms with Crippen molar-refractivity contribution in [2.24, 2.45) is 5.92 Å². The van der Waals surface area contributed by atoms with Gasteiger partial charge in [0.25, 0.3) is 0 Å². The number of nitrogens with one attached hydrogen (secondary N) is 1. The van der Waals surface area contributed by atoms with Gasteiger partial charge in [0.05, 0.1) is 21.3 Å². The van der Waals surface area contributed by atoms with E-state index in [9.17, 15) is 14.7 Å². The fourth-order valence-electron chi connectivity index (χ4n) is 2.00. The number of carboxylic acids is 1. The van der Waals surface area contributed by atoms with E-state index < -0.39 is 12.0 Å². The minimum atomic E-state index is -1.01. The highest BCUT2D eigenvalue weighted by Crippen LogP contribution is 2.32. The summed E-state index contributed by atoms with van der Waals surface area (Å²) in [4.78, 5) is 28.7. The second-order valence-electron chi connectivity index (χ2n) is 5.19. The molecule has 2 aromatic heterocycles. The summed E-state index contributed by atoms with van der Waals surface area (Å²) in [7, 11) is 0. The van der Waals surface area contributed by atoms with E-state index in [0.717, 1.165) is 9.88 Å². The molecular weight excluding hydrogens is 356 g/mol. The first-order chi connectivity index (χ1) is 10.9. The fourth-order valence-corrected chi connectivity index (χ4v) is 3.94. The van der Waals surface area contributed by atoms with Gasteiger partial charge in [0, 0.05) is 5.38 Å². The third-order valence-electron chi connectivity index (χ3n) is 3.47. The number of rotatable bonds is 7. The van der Waals surface area contributed by atoms with E-state index in [-0.39, 0.29) is 18.2 Å². The van der Waals surface area contributed by atoms with Gasteiger partial charge >= 0.3 is 5.97 Å². The van der Waals surface area contributed by atoms with Crippen molar-refractivity contribution < 1.29 is 14.7 Å². The molecule has 0 saturated carbocycles. The first-order valence-corrected chi connectivity index (χ1v) is 9.20. The number of halogens is 1. The second kappa shape index (κ2) is 7.90. The maximum Gasteiger partial charge on any atom is 0.326 e. The Morgan fingerprint density at radius 3 is 2.74 bits per heavy atom. The van der Waals surface area contributed by atoms with E-state index >= 15 is 0 Å². The molecule has 0 radical (unpaired) electrons. The molecule has 0 aromatic carbocycles. The van der Waals surface area contributed by atoms with Crippen LogP contribution in [0.4, 0.5) is 0 Å². The number of hydrogen-bond acceptors (Lipinski definition) is 5. The minimum Gasteiger partial charge on any atom is -0.480 e. The van der Waals surface area contributed by atoms with Crippen LogP contribution in [0.2, 0.25) is 4.34 Å². The minimum absolute atomic E-state index is 0.0653. The quantitative estimate of drug-likeness (QED) is 0.776. The zero-order chi connectivity index (χ0) is 17.0. The van der Waals surface area contributed by atoms with Gasteiger partial charge in [0.1, 0.15) is 11.0 Å². The summed E-state index contributed by atoms with van der Waals surface area (Å²) >= 11 is 8.78. The molecule has 0 fully saturated rings. The van der Waals surface area contributed by atoms with E-state index in [0.29, 0.717) is 16.5 Å². The largest absolute Gasteiger partial charge is 0.480 e. The molecule has 2 atom stereocenters. The number of amides is 1. The molecular formula is C15H17ClN2O3S2. The summed E-state index contributed by atoms with van der Waals surface area (Å²) in [6, 6.07) is 2.82. The van der Waals surface area contributed by atoms with Crippen LogP contribution in [0.5, 0.6) is 0 Å². The van der Waals surface area contributed by atoms with E-state index in [1.165, 1.54) is 22.7 Å². The molecule has 2 heterocycles. The highest BCUT2D eigenvalue weighted by Gasteiger charge is 2.25. The molecule has 5 nitrogen and oxygen atoms in total. The first-order valence-electron chi connectivity index (χ1n) is 7.13. The lowest BCUT2D eigenvalue weighted by molar-refractivity contribution is -0.143. The van der Waals surface area contributed by atoms with Crippen molar-refractivity contribution in [2.45, 2.75) is 32.7 Å². The zero-order valence-electron chi connectivity index (χ0n) is 12.7. The third-order valence-corrected chi connectivity index (χ3v) is 5.76. The van der Waals surface area contributed by atoms with Crippen LogP contribution in [0.3, 0.4) is 0 Å². The summed E-state index contributed by atoms with van der Waals surface area (Å²) in [5, 5.41) is 14.4. The van der Waals surface area contributed by atoms with Crippen molar-refractivity contribution in [3.63, 3.8) is 0 Å². The van der Waals surface area contributed by atoms with E-state index in [2.05, 4.69) is 10.3 Å². The van der Waals surface area contributed by atoms with E-state index in [4.69, 9.17) is 11.6 Å². The van der Waals surface area contributed by atoms with Crippen molar-refractivity contribution in [3.05, 3.63) is 27.5 Å². The maximum atomic E-state index is 12.1. The van der Waals surface area contributed by atoms with Crippen molar-refractivity contribution in [1.29, 1.82) is 0 Å². The van der Waals surface area contributed by atoms with Gasteiger partial charge in [0.2, 0.25) is 5.91 Å². The Morgan fingerprint density at radius 2 is 2.17 bits per heavy atom. The maximum absolute atomic E-state index is 12.1. The molecule has 2 rings (SSSR count). The van der Waals surface area contributed by atoms with Crippen molar-refractivity contribution in [2.75, 3.05) is 0 Å². The van der Waals surface area contributed by atoms with Crippen LogP contribution in [-0.2, 0) is 16.0 Å². The van der Waals surface area contributed by atoms with Gasteiger partial charge < -0.3 is 10.4 Å². The van der Waals surface area contributed by atoms with E-state index in [1.54, 1.807) is 13.0 Å². The highest BCUT2D eigenvalue weighted by atomic mass is 35.5. The summed E-state index contributed by atoms with van der Waals surface area (Å²) in [6.07, 6.45) is 0.743. The molecule has 0 bridgehead atoms. The number of carboxylic acid groups (broad SMARTS) is 1. The van der Waals surface area contributed by atoms with Gasteiger partial charge in [-0.05, 0) is 18.1 Å².